The molecule has 1 saturated heterocycles. The van der Waals surface area contributed by atoms with Gasteiger partial charge >= 0.3 is 0 Å². The van der Waals surface area contributed by atoms with Gasteiger partial charge in [0.2, 0.25) is 5.91 Å². The molecule has 1 aliphatic heterocycles. The van der Waals surface area contributed by atoms with Crippen LogP contribution in [0.25, 0.3) is 22.3 Å². The maximum Gasteiger partial charge on any atom is 0.234 e. The highest BCUT2D eigenvalue weighted by atomic mass is 16.5. The summed E-state index contributed by atoms with van der Waals surface area (Å²) in [5.41, 5.74) is 5.83. The second kappa shape index (κ2) is 12.8. The quantitative estimate of drug-likeness (QED) is 0.225. The zero-order valence-electron chi connectivity index (χ0n) is 23.7. The van der Waals surface area contributed by atoms with Crippen molar-refractivity contribution >= 4 is 28.4 Å². The molecule has 1 fully saturated rings. The summed E-state index contributed by atoms with van der Waals surface area (Å²) in [6.45, 7) is 5.36. The Morgan fingerprint density at radius 2 is 1.67 bits per heavy atom. The number of anilines is 2. The van der Waals surface area contributed by atoms with Gasteiger partial charge < -0.3 is 25.3 Å². The van der Waals surface area contributed by atoms with Crippen LogP contribution in [0.15, 0.2) is 91.3 Å². The highest BCUT2D eigenvalue weighted by molar-refractivity contribution is 5.93. The summed E-state index contributed by atoms with van der Waals surface area (Å²) >= 11 is 0. The molecule has 6 rings (SSSR count). The first-order chi connectivity index (χ1) is 20.6. The maximum absolute atomic E-state index is 12.4. The van der Waals surface area contributed by atoms with E-state index in [4.69, 9.17) is 4.74 Å². The molecule has 214 valence electrons. The molecule has 0 radical (unpaired) electrons. The van der Waals surface area contributed by atoms with Gasteiger partial charge in [0.25, 0.3) is 0 Å². The number of piperazine rings is 1. The first-order valence-electron chi connectivity index (χ1n) is 14.2. The van der Waals surface area contributed by atoms with Gasteiger partial charge in [-0.1, -0.05) is 54.6 Å². The lowest BCUT2D eigenvalue weighted by Gasteiger charge is -2.31. The minimum atomic E-state index is 0.0622. The second-order valence-corrected chi connectivity index (χ2v) is 10.6. The molecular weight excluding hydrogens is 526 g/mol. The summed E-state index contributed by atoms with van der Waals surface area (Å²) < 4.78 is 5.91. The van der Waals surface area contributed by atoms with Crippen LogP contribution < -0.4 is 15.4 Å². The van der Waals surface area contributed by atoms with Crippen molar-refractivity contribution in [3.8, 4) is 17.0 Å². The largest absolute Gasteiger partial charge is 0.489 e. The fourth-order valence-electron chi connectivity index (χ4n) is 4.97. The standard InChI is InChI=1S/C33H35N7O2/c1-39-15-17-40(18-16-39)21-31(41)34-20-24-7-9-26(10-8-24)30-19-29-32(35-23-36-33(29)38-30)37-27-11-13-28(14-12-27)42-22-25-5-3-2-4-6-25/h2-14,19,23H,15-18,20-22H2,1H3,(H,34,41)(H2,35,36,37,38). The molecule has 3 N–H and O–H groups in total. The highest BCUT2D eigenvalue weighted by Gasteiger charge is 2.16. The smallest absolute Gasteiger partial charge is 0.234 e. The number of aromatic nitrogens is 3. The Bertz CT molecular complexity index is 1610. The van der Waals surface area contributed by atoms with E-state index >= 15 is 0 Å². The number of carbonyl (C=O) groups excluding carboxylic acids is 1. The molecule has 3 aromatic carbocycles. The van der Waals surface area contributed by atoms with E-state index in [-0.39, 0.29) is 5.91 Å². The topological polar surface area (TPSA) is 98.4 Å². The van der Waals surface area contributed by atoms with Gasteiger partial charge in [-0.15, -0.1) is 0 Å². The molecular formula is C33H35N7O2. The van der Waals surface area contributed by atoms with E-state index < -0.39 is 0 Å². The molecule has 5 aromatic rings. The molecule has 1 aliphatic rings. The number of nitrogens with one attached hydrogen (secondary N) is 3. The summed E-state index contributed by atoms with van der Waals surface area (Å²) in [6.07, 6.45) is 1.55. The van der Waals surface area contributed by atoms with Crippen molar-refractivity contribution in [2.45, 2.75) is 13.2 Å². The number of hydrogen-bond acceptors (Lipinski definition) is 7. The summed E-state index contributed by atoms with van der Waals surface area (Å²) in [5, 5.41) is 7.36. The Balaban J connectivity index is 1.06. The SMILES string of the molecule is CN1CCN(CC(=O)NCc2ccc(-c3cc4c(Nc5ccc(OCc6ccccc6)cc5)ncnc4[nH]3)cc2)CC1. The van der Waals surface area contributed by atoms with Crippen LogP contribution in [0.5, 0.6) is 5.75 Å². The zero-order valence-corrected chi connectivity index (χ0v) is 23.7. The fraction of sp³-hybridized carbons (Fsp3) is 0.242. The number of hydrogen-bond donors (Lipinski definition) is 3. The van der Waals surface area contributed by atoms with E-state index in [9.17, 15) is 4.79 Å². The van der Waals surface area contributed by atoms with Crippen molar-refractivity contribution in [2.24, 2.45) is 0 Å². The third kappa shape index (κ3) is 6.94. The number of carbonyl (C=O) groups is 1. The summed E-state index contributed by atoms with van der Waals surface area (Å²) in [6, 6.07) is 28.2. The van der Waals surface area contributed by atoms with Gasteiger partial charge in [0.15, 0.2) is 0 Å². The number of benzene rings is 3. The predicted molar refractivity (Wildman–Crippen MR) is 166 cm³/mol. The average molecular weight is 562 g/mol. The number of likely N-dealkylation sites (N-methyl/N-ethyl adjacent to an activating group) is 1. The van der Waals surface area contributed by atoms with Crippen LogP contribution in [0.1, 0.15) is 11.1 Å². The normalized spacial score (nSPS) is 14.1. The van der Waals surface area contributed by atoms with E-state index in [1.807, 2.05) is 66.7 Å². The molecule has 0 aliphatic carbocycles. The molecule has 0 spiro atoms. The number of ether oxygens (including phenoxy) is 1. The van der Waals surface area contributed by atoms with Gasteiger partial charge in [0, 0.05) is 44.1 Å². The first kappa shape index (κ1) is 27.4. The van der Waals surface area contributed by atoms with E-state index in [0.717, 1.165) is 76.9 Å². The van der Waals surface area contributed by atoms with E-state index in [1.54, 1.807) is 6.33 Å². The third-order valence-electron chi connectivity index (χ3n) is 7.51. The van der Waals surface area contributed by atoms with Crippen LogP contribution in [0.2, 0.25) is 0 Å². The predicted octanol–water partition coefficient (Wildman–Crippen LogP) is 4.81. The Hall–Kier alpha value is -4.73. The van der Waals surface area contributed by atoms with Gasteiger partial charge in [0.05, 0.1) is 11.9 Å². The van der Waals surface area contributed by atoms with Crippen LogP contribution >= 0.6 is 0 Å². The lowest BCUT2D eigenvalue weighted by molar-refractivity contribution is -0.122. The second-order valence-electron chi connectivity index (χ2n) is 10.6. The van der Waals surface area contributed by atoms with Gasteiger partial charge in [-0.2, -0.15) is 0 Å². The molecule has 1 amide bonds. The number of amides is 1. The van der Waals surface area contributed by atoms with Gasteiger partial charge in [0.1, 0.15) is 30.1 Å². The van der Waals surface area contributed by atoms with E-state index in [0.29, 0.717) is 19.7 Å². The van der Waals surface area contributed by atoms with Crippen LogP contribution in [0.4, 0.5) is 11.5 Å². The van der Waals surface area contributed by atoms with Crippen molar-refractivity contribution < 1.29 is 9.53 Å². The molecule has 9 heteroatoms. The van der Waals surface area contributed by atoms with Gasteiger partial charge in [-0.3, -0.25) is 9.69 Å². The average Bonchev–Trinajstić information content (AvgIpc) is 3.47. The molecule has 42 heavy (non-hydrogen) atoms. The maximum atomic E-state index is 12.4. The molecule has 2 aromatic heterocycles. The van der Waals surface area contributed by atoms with Crippen molar-refractivity contribution in [3.63, 3.8) is 0 Å². The summed E-state index contributed by atoms with van der Waals surface area (Å²) in [4.78, 5) is 29.2. The first-order valence-corrected chi connectivity index (χ1v) is 14.2. The third-order valence-corrected chi connectivity index (χ3v) is 7.51. The van der Waals surface area contributed by atoms with Crippen LogP contribution in [-0.2, 0) is 17.9 Å². The summed E-state index contributed by atoms with van der Waals surface area (Å²) in [7, 11) is 2.12. The number of nitrogens with zero attached hydrogens (tertiary/aromatic N) is 4. The van der Waals surface area contributed by atoms with E-state index in [2.05, 4.69) is 60.6 Å². The van der Waals surface area contributed by atoms with Crippen molar-refractivity contribution in [1.29, 1.82) is 0 Å². The molecule has 9 nitrogen and oxygen atoms in total. The van der Waals surface area contributed by atoms with Gasteiger partial charge in [-0.25, -0.2) is 9.97 Å². The molecule has 0 saturated carbocycles. The Morgan fingerprint density at radius 1 is 0.905 bits per heavy atom. The molecule has 0 bridgehead atoms. The molecule has 3 heterocycles. The van der Waals surface area contributed by atoms with Crippen molar-refractivity contribution in [1.82, 2.24) is 30.1 Å². The zero-order chi connectivity index (χ0) is 28.7. The number of rotatable bonds is 10. The van der Waals surface area contributed by atoms with Gasteiger partial charge in [-0.05, 0) is 54.1 Å². The van der Waals surface area contributed by atoms with Crippen molar-refractivity contribution in [2.75, 3.05) is 45.1 Å². The Labute approximate surface area is 245 Å². The molecule has 0 unspecified atom stereocenters. The van der Waals surface area contributed by atoms with Crippen molar-refractivity contribution in [3.05, 3.63) is 102 Å². The fourth-order valence-corrected chi connectivity index (χ4v) is 4.97. The minimum absolute atomic E-state index is 0.0622. The summed E-state index contributed by atoms with van der Waals surface area (Å²) in [5.74, 6) is 1.59. The number of H-pyrrole nitrogens is 1. The minimum Gasteiger partial charge on any atom is -0.489 e. The monoisotopic (exact) mass is 561 g/mol. The number of aromatic amines is 1. The van der Waals surface area contributed by atoms with Crippen LogP contribution in [0.3, 0.4) is 0 Å². The number of fused-ring (bicyclic) bond motifs is 1. The van der Waals surface area contributed by atoms with Crippen LogP contribution in [-0.4, -0.2) is 70.4 Å². The lowest BCUT2D eigenvalue weighted by atomic mass is 10.1. The molecule has 0 atom stereocenters. The highest BCUT2D eigenvalue weighted by Crippen LogP contribution is 2.29. The van der Waals surface area contributed by atoms with E-state index in [1.165, 1.54) is 0 Å². The van der Waals surface area contributed by atoms with Crippen LogP contribution in [0, 0.1) is 0 Å². The Kier molecular flexibility index (Phi) is 8.39. The Morgan fingerprint density at radius 3 is 2.43 bits per heavy atom. The lowest BCUT2D eigenvalue weighted by Crippen LogP contribution is -2.48.